The maximum absolute atomic E-state index is 13.1. The largest absolute Gasteiger partial charge is 0.505 e. The minimum Gasteiger partial charge on any atom is -0.505 e. The molecule has 0 radical (unpaired) electrons. The normalized spacial score (nSPS) is 10.7. The van der Waals surface area contributed by atoms with Crippen molar-refractivity contribution in [2.75, 3.05) is 7.11 Å². The number of fused-ring (bicyclic) bond motifs is 1. The zero-order chi connectivity index (χ0) is 16.6. The molecule has 1 aromatic carbocycles. The number of hydrogen-bond donors (Lipinski definition) is 1. The Balaban J connectivity index is 2.32. The number of nitrogens with zero attached hydrogens (tertiary/aromatic N) is 2. The van der Waals surface area contributed by atoms with Crippen LogP contribution in [0, 0.1) is 5.82 Å². The molecule has 3 aromatic rings. The molecule has 7 heteroatoms. The van der Waals surface area contributed by atoms with Crippen LogP contribution in [-0.4, -0.2) is 28.2 Å². The number of pyridine rings is 2. The Hall–Kier alpha value is -2.54. The molecule has 0 amide bonds. The summed E-state index contributed by atoms with van der Waals surface area (Å²) in [5.41, 5.74) is 1.15. The lowest BCUT2D eigenvalue weighted by atomic mass is 10.0. The Morgan fingerprint density at radius 2 is 1.96 bits per heavy atom. The van der Waals surface area contributed by atoms with Gasteiger partial charge in [0, 0.05) is 28.7 Å². The van der Waals surface area contributed by atoms with E-state index in [0.29, 0.717) is 26.5 Å². The van der Waals surface area contributed by atoms with Crippen LogP contribution in [-0.2, 0) is 4.74 Å². The van der Waals surface area contributed by atoms with E-state index < -0.39 is 5.97 Å². The molecule has 0 saturated carbocycles. The molecule has 0 spiro atoms. The van der Waals surface area contributed by atoms with Gasteiger partial charge in [-0.15, -0.1) is 0 Å². The third-order valence-corrected chi connectivity index (χ3v) is 3.95. The maximum atomic E-state index is 13.1. The van der Waals surface area contributed by atoms with Gasteiger partial charge >= 0.3 is 5.97 Å². The highest BCUT2D eigenvalue weighted by Crippen LogP contribution is 2.38. The summed E-state index contributed by atoms with van der Waals surface area (Å²) >= 11 is 3.31. The Bertz CT molecular complexity index is 913. The van der Waals surface area contributed by atoms with E-state index in [1.54, 1.807) is 18.3 Å². The predicted octanol–water partition coefficient (Wildman–Crippen LogP) is 3.69. The van der Waals surface area contributed by atoms with Gasteiger partial charge in [0.05, 0.1) is 7.11 Å². The van der Waals surface area contributed by atoms with Crippen LogP contribution < -0.4 is 0 Å². The zero-order valence-electron chi connectivity index (χ0n) is 11.9. The number of carbonyl (C=O) groups is 1. The molecule has 23 heavy (non-hydrogen) atoms. The average Bonchev–Trinajstić information content (AvgIpc) is 2.57. The lowest BCUT2D eigenvalue weighted by Crippen LogP contribution is -2.06. The van der Waals surface area contributed by atoms with Gasteiger partial charge in [0.1, 0.15) is 10.4 Å². The van der Waals surface area contributed by atoms with E-state index in [4.69, 9.17) is 0 Å². The average molecular weight is 377 g/mol. The van der Waals surface area contributed by atoms with Crippen molar-refractivity contribution < 1.29 is 19.0 Å². The minimum atomic E-state index is -0.753. The third-order valence-electron chi connectivity index (χ3n) is 3.38. The highest BCUT2D eigenvalue weighted by molar-refractivity contribution is 9.10. The van der Waals surface area contributed by atoms with Crippen LogP contribution in [0.15, 0.2) is 41.3 Å². The van der Waals surface area contributed by atoms with Crippen molar-refractivity contribution in [3.8, 4) is 16.9 Å². The number of esters is 1. The van der Waals surface area contributed by atoms with Crippen LogP contribution in [0.1, 0.15) is 10.5 Å². The van der Waals surface area contributed by atoms with Crippen molar-refractivity contribution in [1.29, 1.82) is 0 Å². The molecular formula is C16H10BrFN2O3. The Kier molecular flexibility index (Phi) is 3.96. The second-order valence-corrected chi connectivity index (χ2v) is 5.46. The molecule has 1 N–H and O–H groups in total. The monoisotopic (exact) mass is 376 g/mol. The Labute approximate surface area is 138 Å². The van der Waals surface area contributed by atoms with Crippen LogP contribution in [0.4, 0.5) is 4.39 Å². The number of carbonyl (C=O) groups excluding carboxylic acids is 1. The van der Waals surface area contributed by atoms with Gasteiger partial charge in [-0.3, -0.25) is 4.98 Å². The van der Waals surface area contributed by atoms with Crippen molar-refractivity contribution in [1.82, 2.24) is 9.97 Å². The van der Waals surface area contributed by atoms with Crippen molar-refractivity contribution in [3.05, 3.63) is 52.8 Å². The molecule has 2 aromatic heterocycles. The van der Waals surface area contributed by atoms with E-state index in [9.17, 15) is 14.3 Å². The minimum absolute atomic E-state index is 0.204. The molecular weight excluding hydrogens is 367 g/mol. The standard InChI is InChI=1S/C16H10BrFN2O3/c1-23-16(22)13-14(21)11-7-19-6-10(12(11)15(17)20-13)8-2-4-9(18)5-3-8/h2-7,21H,1H3. The number of aromatic nitrogens is 2. The van der Waals surface area contributed by atoms with E-state index in [1.807, 2.05) is 0 Å². The van der Waals surface area contributed by atoms with E-state index >= 15 is 0 Å². The first-order valence-corrected chi connectivity index (χ1v) is 7.32. The lowest BCUT2D eigenvalue weighted by Gasteiger charge is -2.11. The van der Waals surface area contributed by atoms with Gasteiger partial charge in [-0.2, -0.15) is 0 Å². The number of halogens is 2. The van der Waals surface area contributed by atoms with Crippen molar-refractivity contribution in [2.45, 2.75) is 0 Å². The molecule has 2 heterocycles. The summed E-state index contributed by atoms with van der Waals surface area (Å²) in [6.45, 7) is 0. The lowest BCUT2D eigenvalue weighted by molar-refractivity contribution is 0.0590. The maximum Gasteiger partial charge on any atom is 0.360 e. The number of hydrogen-bond acceptors (Lipinski definition) is 5. The van der Waals surface area contributed by atoms with Crippen LogP contribution in [0.5, 0.6) is 5.75 Å². The fraction of sp³-hybridized carbons (Fsp3) is 0.0625. The summed E-state index contributed by atoms with van der Waals surface area (Å²) in [7, 11) is 1.20. The summed E-state index contributed by atoms with van der Waals surface area (Å²) in [6.07, 6.45) is 3.01. The van der Waals surface area contributed by atoms with Gasteiger partial charge in [-0.05, 0) is 33.6 Å². The fourth-order valence-corrected chi connectivity index (χ4v) is 2.89. The third kappa shape index (κ3) is 2.63. The highest BCUT2D eigenvalue weighted by atomic mass is 79.9. The van der Waals surface area contributed by atoms with Crippen molar-refractivity contribution >= 4 is 32.7 Å². The molecule has 0 aliphatic carbocycles. The summed E-state index contributed by atoms with van der Waals surface area (Å²) < 4.78 is 18.1. The topological polar surface area (TPSA) is 72.3 Å². The van der Waals surface area contributed by atoms with Crippen LogP contribution in [0.2, 0.25) is 0 Å². The number of methoxy groups -OCH3 is 1. The van der Waals surface area contributed by atoms with E-state index in [1.165, 1.54) is 25.4 Å². The number of rotatable bonds is 2. The summed E-state index contributed by atoms with van der Waals surface area (Å²) in [5.74, 6) is -1.42. The van der Waals surface area contributed by atoms with Gasteiger partial charge in [0.2, 0.25) is 0 Å². The first-order chi connectivity index (χ1) is 11.0. The predicted molar refractivity (Wildman–Crippen MR) is 85.6 cm³/mol. The molecule has 0 aliphatic heterocycles. The summed E-state index contributed by atoms with van der Waals surface area (Å²) in [5, 5.41) is 11.2. The summed E-state index contributed by atoms with van der Waals surface area (Å²) in [4.78, 5) is 19.8. The smallest absolute Gasteiger partial charge is 0.360 e. The Morgan fingerprint density at radius 3 is 2.61 bits per heavy atom. The first-order valence-electron chi connectivity index (χ1n) is 6.53. The Morgan fingerprint density at radius 1 is 1.26 bits per heavy atom. The number of ether oxygens (including phenoxy) is 1. The molecule has 116 valence electrons. The quantitative estimate of drug-likeness (QED) is 0.545. The van der Waals surface area contributed by atoms with E-state index in [2.05, 4.69) is 30.6 Å². The molecule has 0 saturated heterocycles. The molecule has 0 aliphatic rings. The van der Waals surface area contributed by atoms with Crippen LogP contribution in [0.25, 0.3) is 21.9 Å². The number of aromatic hydroxyl groups is 1. The zero-order valence-corrected chi connectivity index (χ0v) is 13.5. The molecule has 0 unspecified atom stereocenters. The van der Waals surface area contributed by atoms with Crippen molar-refractivity contribution in [2.24, 2.45) is 0 Å². The van der Waals surface area contributed by atoms with Gasteiger partial charge < -0.3 is 9.84 Å². The van der Waals surface area contributed by atoms with Gasteiger partial charge in [0.15, 0.2) is 11.4 Å². The second kappa shape index (κ2) is 5.92. The van der Waals surface area contributed by atoms with Gasteiger partial charge in [0.25, 0.3) is 0 Å². The SMILES string of the molecule is COC(=O)c1nc(Br)c2c(-c3ccc(F)cc3)cncc2c1O. The molecule has 0 bridgehead atoms. The molecule has 0 fully saturated rings. The van der Waals surface area contributed by atoms with Gasteiger partial charge in [-0.25, -0.2) is 14.2 Å². The van der Waals surface area contributed by atoms with E-state index in [-0.39, 0.29) is 17.3 Å². The van der Waals surface area contributed by atoms with E-state index in [0.717, 1.165) is 0 Å². The molecule has 5 nitrogen and oxygen atoms in total. The summed E-state index contributed by atoms with van der Waals surface area (Å²) in [6, 6.07) is 5.86. The fourth-order valence-electron chi connectivity index (χ4n) is 2.28. The van der Waals surface area contributed by atoms with Crippen LogP contribution >= 0.6 is 15.9 Å². The highest BCUT2D eigenvalue weighted by Gasteiger charge is 2.21. The molecule has 3 rings (SSSR count). The second-order valence-electron chi connectivity index (χ2n) is 4.71. The first kappa shape index (κ1) is 15.4. The van der Waals surface area contributed by atoms with Crippen LogP contribution in [0.3, 0.4) is 0 Å². The van der Waals surface area contributed by atoms with Crippen molar-refractivity contribution in [3.63, 3.8) is 0 Å². The number of benzene rings is 1. The van der Waals surface area contributed by atoms with Gasteiger partial charge in [-0.1, -0.05) is 12.1 Å². The molecule has 0 atom stereocenters.